The van der Waals surface area contributed by atoms with E-state index in [1.807, 2.05) is 0 Å². The summed E-state index contributed by atoms with van der Waals surface area (Å²) in [5.41, 5.74) is 5.16. The highest BCUT2D eigenvalue weighted by Gasteiger charge is 2.36. The smallest absolute Gasteiger partial charge is 0.280 e. The summed E-state index contributed by atoms with van der Waals surface area (Å²) in [5.74, 6) is -0.110. The number of hydrogen-bond acceptors (Lipinski definition) is 10. The SMILES string of the molecule is Nc1nc2c(ncn2[C@H]2C[C@@H](O)[C@@H](COP(=O)([O-])[O-])O2)c(=O)[nH]1. The fourth-order valence-corrected chi connectivity index (χ4v) is 2.68. The van der Waals surface area contributed by atoms with Crippen LogP contribution in [0.5, 0.6) is 0 Å². The first kappa shape index (κ1) is 16.1. The van der Waals surface area contributed by atoms with Crippen molar-refractivity contribution in [2.24, 2.45) is 0 Å². The van der Waals surface area contributed by atoms with E-state index in [9.17, 15) is 24.3 Å². The molecule has 13 heteroatoms. The molecule has 0 aromatic carbocycles. The van der Waals surface area contributed by atoms with E-state index in [0.717, 1.165) is 0 Å². The molecule has 23 heavy (non-hydrogen) atoms. The Labute approximate surface area is 128 Å². The molecule has 1 aliphatic heterocycles. The number of hydrogen-bond donors (Lipinski definition) is 3. The number of rotatable bonds is 4. The fraction of sp³-hybridized carbons (Fsp3) is 0.500. The third-order valence-electron chi connectivity index (χ3n) is 3.36. The van der Waals surface area contributed by atoms with Crippen LogP contribution >= 0.6 is 7.82 Å². The van der Waals surface area contributed by atoms with Gasteiger partial charge < -0.3 is 34.5 Å². The summed E-state index contributed by atoms with van der Waals surface area (Å²) < 4.78 is 21.5. The Hall–Kier alpha value is -1.82. The van der Waals surface area contributed by atoms with Crippen LogP contribution in [0.15, 0.2) is 11.1 Å². The maximum absolute atomic E-state index is 11.7. The Morgan fingerprint density at radius 1 is 1.61 bits per heavy atom. The van der Waals surface area contributed by atoms with Crippen molar-refractivity contribution in [2.75, 3.05) is 12.3 Å². The third kappa shape index (κ3) is 3.27. The molecule has 1 saturated heterocycles. The largest absolute Gasteiger partial charge is 0.790 e. The molecule has 1 fully saturated rings. The molecular formula is C10H12N5O7P-2. The first-order valence-electron chi connectivity index (χ1n) is 6.47. The van der Waals surface area contributed by atoms with Crippen LogP contribution in [-0.4, -0.2) is 43.4 Å². The van der Waals surface area contributed by atoms with Crippen molar-refractivity contribution in [1.29, 1.82) is 0 Å². The van der Waals surface area contributed by atoms with Crippen LogP contribution < -0.4 is 21.1 Å². The van der Waals surface area contributed by atoms with E-state index in [-0.39, 0.29) is 23.5 Å². The lowest BCUT2D eigenvalue weighted by molar-refractivity contribution is -0.343. The van der Waals surface area contributed by atoms with Crippen molar-refractivity contribution in [3.05, 3.63) is 16.7 Å². The summed E-state index contributed by atoms with van der Waals surface area (Å²) in [5, 5.41) is 9.89. The number of ether oxygens (including phenoxy) is 1. The predicted molar refractivity (Wildman–Crippen MR) is 70.7 cm³/mol. The lowest BCUT2D eigenvalue weighted by Gasteiger charge is -2.30. The highest BCUT2D eigenvalue weighted by molar-refractivity contribution is 7.43. The average molecular weight is 345 g/mol. The van der Waals surface area contributed by atoms with Gasteiger partial charge in [-0.3, -0.25) is 14.3 Å². The van der Waals surface area contributed by atoms with E-state index in [1.54, 1.807) is 0 Å². The number of imidazole rings is 1. The van der Waals surface area contributed by atoms with Gasteiger partial charge in [0.1, 0.15) is 12.3 Å². The molecule has 1 aliphatic rings. The number of phosphoric ester groups is 1. The zero-order chi connectivity index (χ0) is 16.8. The van der Waals surface area contributed by atoms with Gasteiger partial charge in [-0.2, -0.15) is 4.98 Å². The molecule has 0 saturated carbocycles. The van der Waals surface area contributed by atoms with Crippen LogP contribution in [0, 0.1) is 0 Å². The summed E-state index contributed by atoms with van der Waals surface area (Å²) in [6, 6.07) is 0. The molecule has 0 bridgehead atoms. The van der Waals surface area contributed by atoms with Crippen molar-refractivity contribution in [3.8, 4) is 0 Å². The summed E-state index contributed by atoms with van der Waals surface area (Å²) in [6.45, 7) is -0.606. The second-order valence-corrected chi connectivity index (χ2v) is 6.10. The quantitative estimate of drug-likeness (QED) is 0.487. The van der Waals surface area contributed by atoms with E-state index < -0.39 is 38.4 Å². The molecule has 0 amide bonds. The molecule has 2 aromatic rings. The minimum absolute atomic E-state index is 0.0422. The molecule has 2 aromatic heterocycles. The Kier molecular flexibility index (Phi) is 3.96. The topological polar surface area (TPSA) is 191 Å². The van der Waals surface area contributed by atoms with Crippen LogP contribution in [0.1, 0.15) is 12.6 Å². The fourth-order valence-electron chi connectivity index (χ4n) is 2.35. The number of nitrogen functional groups attached to an aromatic ring is 1. The van der Waals surface area contributed by atoms with Crippen molar-refractivity contribution in [3.63, 3.8) is 0 Å². The van der Waals surface area contributed by atoms with E-state index >= 15 is 0 Å². The first-order valence-corrected chi connectivity index (χ1v) is 7.93. The van der Waals surface area contributed by atoms with Gasteiger partial charge >= 0.3 is 0 Å². The molecule has 4 N–H and O–H groups in total. The first-order chi connectivity index (χ1) is 10.7. The number of phosphoric acid groups is 1. The predicted octanol–water partition coefficient (Wildman–Crippen LogP) is -2.80. The third-order valence-corrected chi connectivity index (χ3v) is 3.83. The minimum Gasteiger partial charge on any atom is -0.790 e. The van der Waals surface area contributed by atoms with E-state index in [2.05, 4.69) is 19.5 Å². The van der Waals surface area contributed by atoms with Gasteiger partial charge in [0.25, 0.3) is 5.56 Å². The van der Waals surface area contributed by atoms with Crippen molar-refractivity contribution >= 4 is 24.9 Å². The molecule has 0 spiro atoms. The summed E-state index contributed by atoms with van der Waals surface area (Å²) in [7, 11) is -5.16. The Balaban J connectivity index is 1.84. The summed E-state index contributed by atoms with van der Waals surface area (Å²) >= 11 is 0. The number of aromatic amines is 1. The number of H-pyrrole nitrogens is 1. The Morgan fingerprint density at radius 2 is 2.35 bits per heavy atom. The van der Waals surface area contributed by atoms with Gasteiger partial charge in [0.2, 0.25) is 5.95 Å². The molecule has 0 radical (unpaired) electrons. The zero-order valence-electron chi connectivity index (χ0n) is 11.5. The van der Waals surface area contributed by atoms with Crippen LogP contribution in [0.2, 0.25) is 0 Å². The van der Waals surface area contributed by atoms with Gasteiger partial charge in [0.15, 0.2) is 11.2 Å². The Bertz CT molecular complexity index is 829. The van der Waals surface area contributed by atoms with Gasteiger partial charge in [0, 0.05) is 6.42 Å². The average Bonchev–Trinajstić information content (AvgIpc) is 2.99. The van der Waals surface area contributed by atoms with E-state index in [4.69, 9.17) is 10.5 Å². The molecular weight excluding hydrogens is 333 g/mol. The van der Waals surface area contributed by atoms with Gasteiger partial charge in [-0.05, 0) is 0 Å². The molecule has 3 atom stereocenters. The summed E-state index contributed by atoms with van der Waals surface area (Å²) in [4.78, 5) is 42.8. The van der Waals surface area contributed by atoms with Gasteiger partial charge in [-0.25, -0.2) is 4.98 Å². The van der Waals surface area contributed by atoms with Crippen LogP contribution in [0.3, 0.4) is 0 Å². The number of fused-ring (bicyclic) bond motifs is 1. The second-order valence-electron chi connectivity index (χ2n) is 4.95. The van der Waals surface area contributed by atoms with Crippen molar-refractivity contribution < 1.29 is 28.7 Å². The highest BCUT2D eigenvalue weighted by Crippen LogP contribution is 2.33. The maximum atomic E-state index is 11.7. The van der Waals surface area contributed by atoms with Gasteiger partial charge in [-0.15, -0.1) is 0 Å². The molecule has 12 nitrogen and oxygen atoms in total. The monoisotopic (exact) mass is 345 g/mol. The van der Waals surface area contributed by atoms with Crippen LogP contribution in [0.4, 0.5) is 5.95 Å². The molecule has 3 rings (SSSR count). The van der Waals surface area contributed by atoms with Crippen LogP contribution in [0.25, 0.3) is 11.2 Å². The van der Waals surface area contributed by atoms with Crippen LogP contribution in [-0.2, 0) is 13.8 Å². The van der Waals surface area contributed by atoms with Crippen molar-refractivity contribution in [1.82, 2.24) is 19.5 Å². The lowest BCUT2D eigenvalue weighted by atomic mass is 10.2. The highest BCUT2D eigenvalue weighted by atomic mass is 31.2. The molecule has 0 unspecified atom stereocenters. The Morgan fingerprint density at radius 3 is 3.04 bits per heavy atom. The van der Waals surface area contributed by atoms with Gasteiger partial charge in [0.05, 0.1) is 26.9 Å². The molecule has 3 heterocycles. The van der Waals surface area contributed by atoms with E-state index in [1.165, 1.54) is 10.9 Å². The molecule has 0 aliphatic carbocycles. The van der Waals surface area contributed by atoms with Gasteiger partial charge in [-0.1, -0.05) is 0 Å². The van der Waals surface area contributed by atoms with Crippen molar-refractivity contribution in [2.45, 2.75) is 24.9 Å². The minimum atomic E-state index is -5.16. The number of nitrogens with zero attached hydrogens (tertiary/aromatic N) is 3. The number of aromatic nitrogens is 4. The number of nitrogens with one attached hydrogen (secondary N) is 1. The number of nitrogens with two attached hydrogens (primary N) is 1. The summed E-state index contributed by atoms with van der Waals surface area (Å²) in [6.07, 6.45) is -1.50. The standard InChI is InChI=1S/C10H14N5O7P/c11-10-13-8-7(9(17)14-10)12-3-15(8)6-1-4(16)5(22-6)2-21-23(18,19)20/h3-6,16H,1-2H2,(H2,18,19,20)(H3,11,13,14,17)/p-2/t4-,5-,6-/m1/s1. The molecule has 126 valence electrons. The zero-order valence-corrected chi connectivity index (χ0v) is 12.4. The number of anilines is 1. The van der Waals surface area contributed by atoms with E-state index in [0.29, 0.717) is 0 Å². The second kappa shape index (κ2) is 5.67. The normalized spacial score (nSPS) is 25.3. The number of aliphatic hydroxyl groups is 1. The number of aliphatic hydroxyl groups excluding tert-OH is 1. The lowest BCUT2D eigenvalue weighted by Crippen LogP contribution is -2.29. The maximum Gasteiger partial charge on any atom is 0.280 e.